The van der Waals surface area contributed by atoms with E-state index in [1.165, 1.54) is 37.1 Å². The first-order chi connectivity index (χ1) is 17.3. The molecule has 0 atom stereocenters. The Hall–Kier alpha value is -3.95. The van der Waals surface area contributed by atoms with Gasteiger partial charge in [0.1, 0.15) is 5.75 Å². The molecule has 1 aliphatic rings. The summed E-state index contributed by atoms with van der Waals surface area (Å²) in [6.45, 7) is 3.13. The van der Waals surface area contributed by atoms with E-state index in [1.807, 2.05) is 0 Å². The topological polar surface area (TPSA) is 92.6 Å². The van der Waals surface area contributed by atoms with E-state index in [0.717, 1.165) is 30.5 Å². The Morgan fingerprint density at radius 3 is 2.38 bits per heavy atom. The highest BCUT2D eigenvalue weighted by molar-refractivity contribution is 5.95. The van der Waals surface area contributed by atoms with Gasteiger partial charge in [-0.25, -0.2) is 14.8 Å². The van der Waals surface area contributed by atoms with Crippen molar-refractivity contribution in [2.75, 3.05) is 7.05 Å². The third kappa shape index (κ3) is 6.07. The van der Waals surface area contributed by atoms with Gasteiger partial charge in [0.25, 0.3) is 5.91 Å². The van der Waals surface area contributed by atoms with E-state index in [1.54, 1.807) is 31.3 Å². The Kier molecular flexibility index (Phi) is 6.94. The van der Waals surface area contributed by atoms with E-state index in [-0.39, 0.29) is 24.2 Å². The monoisotopic (exact) mass is 513 g/mol. The Labute approximate surface area is 211 Å². The van der Waals surface area contributed by atoms with Crippen LogP contribution in [-0.2, 0) is 17.5 Å². The first-order valence-corrected chi connectivity index (χ1v) is 11.7. The van der Waals surface area contributed by atoms with E-state index in [0.29, 0.717) is 22.6 Å². The second-order valence-electron chi connectivity index (χ2n) is 9.57. The maximum Gasteiger partial charge on any atom is 0.416 e. The molecule has 194 valence electrons. The number of benzene rings is 2. The first kappa shape index (κ1) is 26.1. The highest BCUT2D eigenvalue weighted by Crippen LogP contribution is 2.41. The number of nitrogens with zero attached hydrogens (tertiary/aromatic N) is 3. The number of rotatable bonds is 8. The van der Waals surface area contributed by atoms with Crippen LogP contribution in [0.25, 0.3) is 11.4 Å². The van der Waals surface area contributed by atoms with Gasteiger partial charge in [-0.3, -0.25) is 4.79 Å². The van der Waals surface area contributed by atoms with Crippen LogP contribution in [0.15, 0.2) is 54.7 Å². The van der Waals surface area contributed by atoms with Gasteiger partial charge in [-0.05, 0) is 56.5 Å². The molecular weight excluding hydrogens is 487 g/mol. The molecule has 10 heteroatoms. The Balaban J connectivity index is 1.53. The van der Waals surface area contributed by atoms with Crippen LogP contribution in [0.3, 0.4) is 0 Å². The minimum Gasteiger partial charge on any atom is -0.478 e. The van der Waals surface area contributed by atoms with Crippen molar-refractivity contribution in [3.63, 3.8) is 0 Å². The largest absolute Gasteiger partial charge is 0.478 e. The van der Waals surface area contributed by atoms with Crippen molar-refractivity contribution < 1.29 is 32.6 Å². The molecule has 1 N–H and O–H groups in total. The number of halogens is 3. The lowest BCUT2D eigenvalue weighted by Crippen LogP contribution is -2.37. The normalized spacial score (nSPS) is 13.8. The third-order valence-electron chi connectivity index (χ3n) is 6.04. The summed E-state index contributed by atoms with van der Waals surface area (Å²) in [6.07, 6.45) is -1.27. The van der Waals surface area contributed by atoms with Crippen LogP contribution >= 0.6 is 0 Å². The number of carbonyl (C=O) groups is 2. The van der Waals surface area contributed by atoms with Crippen LogP contribution in [0.1, 0.15) is 59.8 Å². The second-order valence-corrected chi connectivity index (χ2v) is 9.57. The number of aromatic nitrogens is 2. The van der Waals surface area contributed by atoms with E-state index in [2.05, 4.69) is 9.97 Å². The smallest absolute Gasteiger partial charge is 0.416 e. The Morgan fingerprint density at radius 1 is 1.11 bits per heavy atom. The van der Waals surface area contributed by atoms with Crippen molar-refractivity contribution >= 4 is 11.9 Å². The van der Waals surface area contributed by atoms with Gasteiger partial charge in [-0.15, -0.1) is 0 Å². The summed E-state index contributed by atoms with van der Waals surface area (Å²) < 4.78 is 44.3. The number of ether oxygens (including phenoxy) is 1. The van der Waals surface area contributed by atoms with Crippen molar-refractivity contribution in [3.8, 4) is 17.1 Å². The van der Waals surface area contributed by atoms with Crippen LogP contribution in [-0.4, -0.2) is 44.5 Å². The highest BCUT2D eigenvalue weighted by Gasteiger charge is 2.33. The van der Waals surface area contributed by atoms with Crippen molar-refractivity contribution in [1.82, 2.24) is 14.9 Å². The summed E-state index contributed by atoms with van der Waals surface area (Å²) in [6, 6.07) is 11.5. The van der Waals surface area contributed by atoms with Crippen molar-refractivity contribution in [2.45, 2.75) is 50.9 Å². The number of aliphatic carboxylic acids is 1. The SMILES string of the molecule is CN(Cc1cccc(OC(C)(C)C(=O)O)c1)C(=O)c1cnc(-c2ccc(C(F)(F)F)cc2)nc1C1CC1. The van der Waals surface area contributed by atoms with Crippen molar-refractivity contribution in [3.05, 3.63) is 77.1 Å². The molecule has 0 radical (unpaired) electrons. The average Bonchev–Trinajstić information content (AvgIpc) is 3.68. The number of carboxylic acid groups (broad SMARTS) is 1. The molecule has 1 amide bonds. The van der Waals surface area contributed by atoms with Crippen LogP contribution in [0.5, 0.6) is 5.75 Å². The molecule has 0 aliphatic heterocycles. The standard InChI is InChI=1S/C27H26F3N3O4/c1-26(2,25(35)36)37-20-6-4-5-16(13-20)15-33(3)24(34)21-14-31-23(32-22(21)17-7-8-17)18-9-11-19(12-10-18)27(28,29)30/h4-6,9-14,17H,7-8,15H2,1-3H3,(H,35,36). The van der Waals surface area contributed by atoms with Gasteiger partial charge in [-0.2, -0.15) is 13.2 Å². The second kappa shape index (κ2) is 9.84. The lowest BCUT2D eigenvalue weighted by molar-refractivity contribution is -0.152. The third-order valence-corrected chi connectivity index (χ3v) is 6.04. The molecule has 1 aliphatic carbocycles. The maximum absolute atomic E-state index is 13.3. The average molecular weight is 514 g/mol. The summed E-state index contributed by atoms with van der Waals surface area (Å²) in [4.78, 5) is 35.0. The lowest BCUT2D eigenvalue weighted by Gasteiger charge is -2.23. The number of alkyl halides is 3. The molecule has 1 saturated carbocycles. The molecule has 0 unspecified atom stereocenters. The number of hydrogen-bond acceptors (Lipinski definition) is 5. The number of hydrogen-bond donors (Lipinski definition) is 1. The van der Waals surface area contributed by atoms with Gasteiger partial charge in [0, 0.05) is 31.3 Å². The molecule has 37 heavy (non-hydrogen) atoms. The van der Waals surface area contributed by atoms with Gasteiger partial charge in [0.2, 0.25) is 0 Å². The zero-order chi connectivity index (χ0) is 27.0. The van der Waals surface area contributed by atoms with E-state index in [9.17, 15) is 27.9 Å². The summed E-state index contributed by atoms with van der Waals surface area (Å²) in [5.74, 6) is -0.663. The van der Waals surface area contributed by atoms with E-state index >= 15 is 0 Å². The summed E-state index contributed by atoms with van der Waals surface area (Å²) >= 11 is 0. The lowest BCUT2D eigenvalue weighted by atomic mass is 10.1. The number of carboxylic acids is 1. The fourth-order valence-corrected chi connectivity index (χ4v) is 3.77. The van der Waals surface area contributed by atoms with Crippen LogP contribution < -0.4 is 4.74 Å². The van der Waals surface area contributed by atoms with Gasteiger partial charge < -0.3 is 14.7 Å². The number of amides is 1. The maximum atomic E-state index is 13.3. The predicted molar refractivity (Wildman–Crippen MR) is 129 cm³/mol. The molecule has 0 saturated heterocycles. The molecule has 1 heterocycles. The minimum atomic E-state index is -4.43. The van der Waals surface area contributed by atoms with E-state index < -0.39 is 23.3 Å². The number of carbonyl (C=O) groups excluding carboxylic acids is 1. The van der Waals surface area contributed by atoms with E-state index in [4.69, 9.17) is 4.74 Å². The Bertz CT molecular complexity index is 1320. The molecule has 2 aromatic carbocycles. The van der Waals surface area contributed by atoms with Crippen LogP contribution in [0, 0.1) is 0 Å². The minimum absolute atomic E-state index is 0.0959. The van der Waals surface area contributed by atoms with Crippen molar-refractivity contribution in [1.29, 1.82) is 0 Å². The quantitative estimate of drug-likeness (QED) is 0.424. The predicted octanol–water partition coefficient (Wildman–Crippen LogP) is 5.55. The zero-order valence-electron chi connectivity index (χ0n) is 20.5. The van der Waals surface area contributed by atoms with Gasteiger partial charge in [-0.1, -0.05) is 24.3 Å². The summed E-state index contributed by atoms with van der Waals surface area (Å²) in [7, 11) is 1.64. The van der Waals surface area contributed by atoms with Crippen LogP contribution in [0.2, 0.25) is 0 Å². The Morgan fingerprint density at radius 2 is 1.78 bits per heavy atom. The molecular formula is C27H26F3N3O4. The van der Waals surface area contributed by atoms with Gasteiger partial charge in [0.15, 0.2) is 11.4 Å². The molecule has 0 spiro atoms. The van der Waals surface area contributed by atoms with Crippen LogP contribution in [0.4, 0.5) is 13.2 Å². The zero-order valence-corrected chi connectivity index (χ0v) is 20.5. The molecule has 0 bridgehead atoms. The fraction of sp³-hybridized carbons (Fsp3) is 0.333. The summed E-state index contributed by atoms with van der Waals surface area (Å²) in [5, 5.41) is 9.29. The molecule has 1 aromatic heterocycles. The summed E-state index contributed by atoms with van der Waals surface area (Å²) in [5.41, 5.74) is -0.0607. The van der Waals surface area contributed by atoms with Gasteiger partial charge >= 0.3 is 12.1 Å². The van der Waals surface area contributed by atoms with Crippen molar-refractivity contribution in [2.24, 2.45) is 0 Å². The highest BCUT2D eigenvalue weighted by atomic mass is 19.4. The molecule has 1 fully saturated rings. The van der Waals surface area contributed by atoms with Gasteiger partial charge in [0.05, 0.1) is 16.8 Å². The molecule has 4 rings (SSSR count). The molecule has 7 nitrogen and oxygen atoms in total. The molecule has 3 aromatic rings. The first-order valence-electron chi connectivity index (χ1n) is 11.7. The fourth-order valence-electron chi connectivity index (χ4n) is 3.77.